The molecule has 0 unspecified atom stereocenters. The predicted molar refractivity (Wildman–Crippen MR) is 132 cm³/mol. The Kier molecular flexibility index (Phi) is 4.10. The molecule has 158 valence electrons. The van der Waals surface area contributed by atoms with Crippen LogP contribution in [0.25, 0.3) is 44.3 Å². The van der Waals surface area contributed by atoms with Gasteiger partial charge >= 0.3 is 0 Å². The van der Waals surface area contributed by atoms with E-state index in [2.05, 4.69) is 105 Å². The standard InChI is InChI=1S/C30H28NO/c1-19-8-12-24-25-16-21(20-9-10-22-17-30(2,3)18-23(22)15-20)11-13-27(25)32-29(24)28(19)26-7-5-6-14-31(26)4/h5-16H,17-18H2,1-4H3/q+1. The van der Waals surface area contributed by atoms with Crippen LogP contribution in [-0.2, 0) is 19.9 Å². The zero-order valence-electron chi connectivity index (χ0n) is 19.2. The first kappa shape index (κ1) is 19.3. The van der Waals surface area contributed by atoms with Crippen LogP contribution in [0.4, 0.5) is 0 Å². The Morgan fingerprint density at radius 1 is 0.812 bits per heavy atom. The number of benzene rings is 3. The smallest absolute Gasteiger partial charge is 0.216 e. The van der Waals surface area contributed by atoms with Crippen molar-refractivity contribution in [3.8, 4) is 22.4 Å². The van der Waals surface area contributed by atoms with Crippen molar-refractivity contribution in [1.29, 1.82) is 0 Å². The Balaban J connectivity index is 1.53. The van der Waals surface area contributed by atoms with Crippen molar-refractivity contribution in [2.45, 2.75) is 33.6 Å². The Morgan fingerprint density at radius 3 is 2.44 bits per heavy atom. The van der Waals surface area contributed by atoms with Crippen molar-refractivity contribution >= 4 is 21.9 Å². The molecule has 0 fully saturated rings. The van der Waals surface area contributed by atoms with Gasteiger partial charge in [0.1, 0.15) is 18.2 Å². The molecule has 5 aromatic rings. The highest BCUT2D eigenvalue weighted by Gasteiger charge is 2.28. The van der Waals surface area contributed by atoms with Gasteiger partial charge in [-0.2, -0.15) is 0 Å². The number of furan rings is 1. The van der Waals surface area contributed by atoms with E-state index in [1.54, 1.807) is 0 Å². The minimum absolute atomic E-state index is 0.369. The van der Waals surface area contributed by atoms with Gasteiger partial charge in [0.05, 0.1) is 5.56 Å². The van der Waals surface area contributed by atoms with E-state index >= 15 is 0 Å². The number of fused-ring (bicyclic) bond motifs is 4. The maximum Gasteiger partial charge on any atom is 0.216 e. The second kappa shape index (κ2) is 6.80. The minimum atomic E-state index is 0.369. The first-order valence-electron chi connectivity index (χ1n) is 11.4. The Morgan fingerprint density at radius 2 is 1.59 bits per heavy atom. The Hall–Kier alpha value is -3.39. The van der Waals surface area contributed by atoms with Crippen molar-refractivity contribution in [3.05, 3.63) is 89.6 Å². The van der Waals surface area contributed by atoms with E-state index in [0.29, 0.717) is 5.41 Å². The van der Waals surface area contributed by atoms with Crippen LogP contribution in [0.5, 0.6) is 0 Å². The second-order valence-corrected chi connectivity index (χ2v) is 10.1. The molecular formula is C30H28NO+. The molecule has 2 heteroatoms. The van der Waals surface area contributed by atoms with Crippen LogP contribution in [0.3, 0.4) is 0 Å². The summed E-state index contributed by atoms with van der Waals surface area (Å²) in [5.41, 5.74) is 11.4. The van der Waals surface area contributed by atoms with Crippen molar-refractivity contribution in [2.24, 2.45) is 12.5 Å². The van der Waals surface area contributed by atoms with Gasteiger partial charge in [-0.15, -0.1) is 0 Å². The molecule has 0 aliphatic heterocycles. The van der Waals surface area contributed by atoms with Gasteiger partial charge in [-0.1, -0.05) is 50.2 Å². The molecule has 0 N–H and O–H groups in total. The molecule has 3 aromatic carbocycles. The summed E-state index contributed by atoms with van der Waals surface area (Å²) in [4.78, 5) is 0. The highest BCUT2D eigenvalue weighted by Crippen LogP contribution is 2.40. The molecule has 2 aromatic heterocycles. The average molecular weight is 419 g/mol. The molecule has 2 heterocycles. The van der Waals surface area contributed by atoms with Crippen LogP contribution in [-0.4, -0.2) is 0 Å². The zero-order chi connectivity index (χ0) is 22.0. The van der Waals surface area contributed by atoms with Gasteiger partial charge in [-0.25, -0.2) is 4.57 Å². The van der Waals surface area contributed by atoms with Gasteiger partial charge in [-0.05, 0) is 71.2 Å². The van der Waals surface area contributed by atoms with Gasteiger partial charge in [0, 0.05) is 22.9 Å². The number of nitrogens with zero attached hydrogens (tertiary/aromatic N) is 1. The molecule has 0 saturated carbocycles. The number of pyridine rings is 1. The van der Waals surface area contributed by atoms with E-state index < -0.39 is 0 Å². The van der Waals surface area contributed by atoms with E-state index in [1.165, 1.54) is 50.6 Å². The van der Waals surface area contributed by atoms with E-state index in [4.69, 9.17) is 4.42 Å². The van der Waals surface area contributed by atoms with Crippen LogP contribution in [0.15, 0.2) is 77.3 Å². The van der Waals surface area contributed by atoms with Crippen LogP contribution < -0.4 is 4.57 Å². The molecular weight excluding hydrogens is 390 g/mol. The fourth-order valence-electron chi connectivity index (χ4n) is 5.46. The monoisotopic (exact) mass is 418 g/mol. The highest BCUT2D eigenvalue weighted by atomic mass is 16.3. The molecule has 2 nitrogen and oxygen atoms in total. The van der Waals surface area contributed by atoms with Crippen LogP contribution in [0.2, 0.25) is 0 Å². The summed E-state index contributed by atoms with van der Waals surface area (Å²) in [5.74, 6) is 0. The number of hydrogen-bond donors (Lipinski definition) is 0. The van der Waals surface area contributed by atoms with Gasteiger partial charge in [0.2, 0.25) is 5.69 Å². The van der Waals surface area contributed by atoms with Crippen molar-refractivity contribution in [2.75, 3.05) is 0 Å². The van der Waals surface area contributed by atoms with Crippen molar-refractivity contribution in [3.63, 3.8) is 0 Å². The third kappa shape index (κ3) is 2.97. The number of aromatic nitrogens is 1. The summed E-state index contributed by atoms with van der Waals surface area (Å²) in [6.45, 7) is 6.89. The first-order valence-corrected chi connectivity index (χ1v) is 11.4. The van der Waals surface area contributed by atoms with Crippen molar-refractivity contribution < 1.29 is 8.98 Å². The van der Waals surface area contributed by atoms with Gasteiger partial charge in [-0.3, -0.25) is 0 Å². The molecule has 0 radical (unpaired) electrons. The van der Waals surface area contributed by atoms with Gasteiger partial charge in [0.15, 0.2) is 6.20 Å². The minimum Gasteiger partial charge on any atom is -0.455 e. The Labute approximate surface area is 189 Å². The number of hydrogen-bond acceptors (Lipinski definition) is 1. The van der Waals surface area contributed by atoms with E-state index in [9.17, 15) is 0 Å². The molecule has 1 aliphatic rings. The van der Waals surface area contributed by atoms with Gasteiger partial charge in [0.25, 0.3) is 0 Å². The summed E-state index contributed by atoms with van der Waals surface area (Å²) in [6, 6.07) is 24.4. The van der Waals surface area contributed by atoms with E-state index in [0.717, 1.165) is 23.3 Å². The maximum atomic E-state index is 6.45. The van der Waals surface area contributed by atoms with Crippen LogP contribution in [0, 0.1) is 12.3 Å². The molecule has 32 heavy (non-hydrogen) atoms. The third-order valence-electron chi connectivity index (χ3n) is 7.04. The summed E-state index contributed by atoms with van der Waals surface area (Å²) in [7, 11) is 2.09. The summed E-state index contributed by atoms with van der Waals surface area (Å²) in [6.07, 6.45) is 4.42. The lowest BCUT2D eigenvalue weighted by atomic mass is 9.90. The largest absolute Gasteiger partial charge is 0.455 e. The lowest BCUT2D eigenvalue weighted by Gasteiger charge is -2.14. The number of rotatable bonds is 2. The maximum absolute atomic E-state index is 6.45. The molecule has 0 spiro atoms. The summed E-state index contributed by atoms with van der Waals surface area (Å²) in [5, 5.41) is 2.35. The Bertz CT molecular complexity index is 1520. The lowest BCUT2D eigenvalue weighted by molar-refractivity contribution is -0.660. The summed E-state index contributed by atoms with van der Waals surface area (Å²) >= 11 is 0. The van der Waals surface area contributed by atoms with Gasteiger partial charge < -0.3 is 4.42 Å². The third-order valence-corrected chi connectivity index (χ3v) is 7.04. The topological polar surface area (TPSA) is 17.0 Å². The normalized spacial score (nSPS) is 14.9. The quantitative estimate of drug-likeness (QED) is 0.278. The lowest BCUT2D eigenvalue weighted by Crippen LogP contribution is -2.30. The molecule has 0 bridgehead atoms. The molecule has 0 amide bonds. The fourth-order valence-corrected chi connectivity index (χ4v) is 5.46. The van der Waals surface area contributed by atoms with E-state index in [-0.39, 0.29) is 0 Å². The first-order chi connectivity index (χ1) is 15.4. The SMILES string of the molecule is Cc1ccc2c(oc3ccc(-c4ccc5c(c4)CC(C)(C)C5)cc32)c1-c1cccc[n+]1C. The average Bonchev–Trinajstić information content (AvgIpc) is 3.28. The van der Waals surface area contributed by atoms with Crippen LogP contribution in [0.1, 0.15) is 30.5 Å². The highest BCUT2D eigenvalue weighted by molar-refractivity contribution is 6.10. The van der Waals surface area contributed by atoms with E-state index in [1.807, 2.05) is 0 Å². The molecule has 6 rings (SSSR count). The molecule has 1 aliphatic carbocycles. The zero-order valence-corrected chi connectivity index (χ0v) is 19.2. The summed E-state index contributed by atoms with van der Waals surface area (Å²) < 4.78 is 8.61. The number of aryl methyl sites for hydroxylation is 2. The van der Waals surface area contributed by atoms with Crippen LogP contribution >= 0.6 is 0 Å². The predicted octanol–water partition coefficient (Wildman–Crippen LogP) is 7.18. The second-order valence-electron chi connectivity index (χ2n) is 10.1. The van der Waals surface area contributed by atoms with Crippen molar-refractivity contribution in [1.82, 2.24) is 0 Å². The fraction of sp³-hybridized carbons (Fsp3) is 0.233. The molecule has 0 atom stereocenters. The molecule has 0 saturated heterocycles.